The summed E-state index contributed by atoms with van der Waals surface area (Å²) in [7, 11) is -3.61. The van der Waals surface area contributed by atoms with Gasteiger partial charge in [-0.15, -0.1) is 0 Å². The van der Waals surface area contributed by atoms with Gasteiger partial charge in [-0.05, 0) is 69.4 Å². The first-order chi connectivity index (χ1) is 13.5. The van der Waals surface area contributed by atoms with Gasteiger partial charge in [0, 0.05) is 6.54 Å². The number of carbonyl (C=O) groups is 2. The molecule has 2 rings (SSSR count). The Morgan fingerprint density at radius 1 is 0.931 bits per heavy atom. The van der Waals surface area contributed by atoms with Crippen LogP contribution in [0.5, 0.6) is 0 Å². The maximum atomic E-state index is 13.4. The van der Waals surface area contributed by atoms with E-state index in [0.29, 0.717) is 37.6 Å². The number of sulfonamides is 1. The average Bonchev–Trinajstić information content (AvgIpc) is 2.65. The molecule has 0 atom stereocenters. The van der Waals surface area contributed by atoms with Gasteiger partial charge in [-0.3, -0.25) is 10.1 Å². The molecular weight excluding hydrogens is 392 g/mol. The Morgan fingerprint density at radius 2 is 1.41 bits per heavy atom. The zero-order valence-electron chi connectivity index (χ0n) is 18.2. The number of imide groups is 1. The second-order valence-corrected chi connectivity index (χ2v) is 9.57. The molecule has 1 aliphatic rings. The van der Waals surface area contributed by atoms with Crippen LogP contribution < -0.4 is 15.5 Å². The predicted octanol–water partition coefficient (Wildman–Crippen LogP) is -0.0364. The number of amides is 3. The van der Waals surface area contributed by atoms with Crippen LogP contribution in [0.25, 0.3) is 0 Å². The maximum absolute atomic E-state index is 13.4. The first-order valence-electron chi connectivity index (χ1n) is 9.99. The van der Waals surface area contributed by atoms with Gasteiger partial charge < -0.3 is 10.2 Å². The van der Waals surface area contributed by atoms with Crippen LogP contribution in [-0.2, 0) is 14.8 Å². The molecule has 0 spiro atoms. The van der Waals surface area contributed by atoms with Crippen LogP contribution in [-0.4, -0.2) is 63.9 Å². The molecule has 9 heteroatoms. The topological polar surface area (TPSA) is 100 Å². The van der Waals surface area contributed by atoms with Crippen molar-refractivity contribution < 1.29 is 22.9 Å². The molecule has 0 radical (unpaired) electrons. The van der Waals surface area contributed by atoms with Crippen LogP contribution in [0.3, 0.4) is 0 Å². The van der Waals surface area contributed by atoms with Crippen molar-refractivity contribution in [2.75, 3.05) is 39.3 Å². The molecule has 0 aromatic heterocycles. The highest BCUT2D eigenvalue weighted by atomic mass is 32.2. The lowest BCUT2D eigenvalue weighted by atomic mass is 9.95. The summed E-state index contributed by atoms with van der Waals surface area (Å²) >= 11 is 0. The van der Waals surface area contributed by atoms with Gasteiger partial charge >= 0.3 is 6.03 Å². The third-order valence-electron chi connectivity index (χ3n) is 5.96. The van der Waals surface area contributed by atoms with Gasteiger partial charge in [0.15, 0.2) is 6.54 Å². The summed E-state index contributed by atoms with van der Waals surface area (Å²) in [6.07, 6.45) is 0. The van der Waals surface area contributed by atoms with Crippen LogP contribution in [0, 0.1) is 34.6 Å². The maximum Gasteiger partial charge on any atom is 0.321 e. The van der Waals surface area contributed by atoms with Crippen molar-refractivity contribution in [3.05, 3.63) is 27.8 Å². The minimum Gasteiger partial charge on any atom is -0.338 e. The summed E-state index contributed by atoms with van der Waals surface area (Å²) in [5.74, 6) is -0.362. The number of rotatable bonds is 5. The Bertz CT molecular complexity index is 875. The van der Waals surface area contributed by atoms with E-state index < -0.39 is 16.1 Å². The molecule has 1 heterocycles. The number of piperazine rings is 1. The largest absolute Gasteiger partial charge is 0.338 e. The van der Waals surface area contributed by atoms with Gasteiger partial charge in [0.05, 0.1) is 31.1 Å². The fourth-order valence-electron chi connectivity index (χ4n) is 3.80. The average molecular weight is 426 g/mol. The SMILES string of the molecule is CCNC(=O)NC(=O)C[NH+]1CCN(S(=O)(=O)c2c(C)c(C)c(C)c(C)c2C)CC1. The van der Waals surface area contributed by atoms with Crippen molar-refractivity contribution in [2.45, 2.75) is 46.4 Å². The van der Waals surface area contributed by atoms with Crippen molar-refractivity contribution in [1.29, 1.82) is 0 Å². The first-order valence-corrected chi connectivity index (χ1v) is 11.4. The molecule has 3 N–H and O–H groups in total. The van der Waals surface area contributed by atoms with Gasteiger partial charge in [0.2, 0.25) is 10.0 Å². The fraction of sp³-hybridized carbons (Fsp3) is 0.600. The highest BCUT2D eigenvalue weighted by molar-refractivity contribution is 7.89. The molecule has 29 heavy (non-hydrogen) atoms. The highest BCUT2D eigenvalue weighted by Gasteiger charge is 2.34. The molecular formula is C20H33N4O4S+. The third kappa shape index (κ3) is 4.96. The number of nitrogens with zero attached hydrogens (tertiary/aromatic N) is 1. The minimum absolute atomic E-state index is 0.145. The fourth-order valence-corrected chi connectivity index (χ4v) is 5.81. The Morgan fingerprint density at radius 3 is 1.90 bits per heavy atom. The number of hydrogen-bond donors (Lipinski definition) is 3. The molecule has 1 aliphatic heterocycles. The monoisotopic (exact) mass is 425 g/mol. The lowest BCUT2D eigenvalue weighted by Crippen LogP contribution is -3.15. The number of nitrogens with one attached hydrogen (secondary N) is 3. The number of benzene rings is 1. The van der Waals surface area contributed by atoms with Gasteiger partial charge in [0.25, 0.3) is 5.91 Å². The van der Waals surface area contributed by atoms with E-state index in [1.54, 1.807) is 6.92 Å². The molecule has 1 aromatic carbocycles. The molecule has 0 aliphatic carbocycles. The standard InChI is InChI=1S/C20H32N4O4S/c1-7-21-20(26)22-18(25)12-23-8-10-24(11-9-23)29(27,28)19-16(5)14(3)13(2)15(4)17(19)6/h7-12H2,1-6H3,(H2,21,22,25,26)/p+1. The third-order valence-corrected chi connectivity index (χ3v) is 8.13. The van der Waals surface area contributed by atoms with Gasteiger partial charge in [-0.25, -0.2) is 13.2 Å². The summed E-state index contributed by atoms with van der Waals surface area (Å²) in [5, 5.41) is 4.80. The van der Waals surface area contributed by atoms with Gasteiger partial charge in [-0.1, -0.05) is 0 Å². The summed E-state index contributed by atoms with van der Waals surface area (Å²) in [5.41, 5.74) is 4.77. The summed E-state index contributed by atoms with van der Waals surface area (Å²) in [6.45, 7) is 13.8. The molecule has 8 nitrogen and oxygen atoms in total. The van der Waals surface area contributed by atoms with E-state index in [4.69, 9.17) is 0 Å². The van der Waals surface area contributed by atoms with E-state index in [1.807, 2.05) is 34.6 Å². The van der Waals surface area contributed by atoms with Crippen molar-refractivity contribution in [3.8, 4) is 0 Å². The van der Waals surface area contributed by atoms with E-state index in [-0.39, 0.29) is 12.5 Å². The Labute approximate surface area is 173 Å². The molecule has 162 valence electrons. The van der Waals surface area contributed by atoms with Crippen molar-refractivity contribution >= 4 is 22.0 Å². The molecule has 0 unspecified atom stereocenters. The number of urea groups is 1. The molecule has 3 amide bonds. The molecule has 0 bridgehead atoms. The number of carbonyl (C=O) groups excluding carboxylic acids is 2. The summed E-state index contributed by atoms with van der Waals surface area (Å²) in [4.78, 5) is 24.8. The normalized spacial score (nSPS) is 15.9. The quantitative estimate of drug-likeness (QED) is 0.617. The minimum atomic E-state index is -3.61. The number of quaternary nitrogens is 1. The molecule has 0 saturated carbocycles. The van der Waals surface area contributed by atoms with Crippen molar-refractivity contribution in [2.24, 2.45) is 0 Å². The van der Waals surface area contributed by atoms with E-state index in [2.05, 4.69) is 10.6 Å². The smallest absolute Gasteiger partial charge is 0.321 e. The zero-order chi connectivity index (χ0) is 21.9. The Balaban J connectivity index is 2.10. The number of hydrogen-bond acceptors (Lipinski definition) is 4. The second-order valence-electron chi connectivity index (χ2n) is 7.69. The lowest BCUT2D eigenvalue weighted by Gasteiger charge is -2.32. The molecule has 1 saturated heterocycles. The van der Waals surface area contributed by atoms with Crippen molar-refractivity contribution in [1.82, 2.24) is 14.9 Å². The van der Waals surface area contributed by atoms with Crippen molar-refractivity contribution in [3.63, 3.8) is 0 Å². The Kier molecular flexibility index (Phi) is 7.42. The van der Waals surface area contributed by atoms with E-state index >= 15 is 0 Å². The van der Waals surface area contributed by atoms with Gasteiger partial charge in [0.1, 0.15) is 0 Å². The summed E-state index contributed by atoms with van der Waals surface area (Å²) < 4.78 is 28.3. The van der Waals surface area contributed by atoms with Crippen LogP contribution >= 0.6 is 0 Å². The van der Waals surface area contributed by atoms with Crippen LogP contribution in [0.1, 0.15) is 34.7 Å². The van der Waals surface area contributed by atoms with E-state index in [1.165, 1.54) is 4.31 Å². The van der Waals surface area contributed by atoms with Gasteiger partial charge in [-0.2, -0.15) is 4.31 Å². The Hall–Kier alpha value is -1.97. The first kappa shape index (κ1) is 23.3. The van der Waals surface area contributed by atoms with Crippen LogP contribution in [0.15, 0.2) is 4.90 Å². The van der Waals surface area contributed by atoms with Crippen LogP contribution in [0.4, 0.5) is 4.79 Å². The zero-order valence-corrected chi connectivity index (χ0v) is 19.0. The van der Waals surface area contributed by atoms with E-state index in [0.717, 1.165) is 32.7 Å². The predicted molar refractivity (Wildman–Crippen MR) is 112 cm³/mol. The lowest BCUT2D eigenvalue weighted by molar-refractivity contribution is -0.895. The van der Waals surface area contributed by atoms with E-state index in [9.17, 15) is 18.0 Å². The molecule has 1 fully saturated rings. The highest BCUT2D eigenvalue weighted by Crippen LogP contribution is 2.31. The second kappa shape index (κ2) is 9.23. The molecule has 1 aromatic rings. The summed E-state index contributed by atoms with van der Waals surface area (Å²) in [6, 6.07) is -0.505. The van der Waals surface area contributed by atoms with Crippen LogP contribution in [0.2, 0.25) is 0 Å².